The van der Waals surface area contributed by atoms with Gasteiger partial charge in [0.25, 0.3) is 0 Å². The van der Waals surface area contributed by atoms with Crippen molar-refractivity contribution in [2.75, 3.05) is 11.5 Å². The Morgan fingerprint density at radius 3 is 2.45 bits per heavy atom. The Labute approximate surface area is 70.3 Å². The number of carboxylic acids is 1. The number of hydrogen-bond donors (Lipinski definition) is 3. The molecule has 0 aromatic rings. The Bertz CT molecular complexity index is 130. The van der Waals surface area contributed by atoms with E-state index in [0.29, 0.717) is 5.75 Å². The van der Waals surface area contributed by atoms with Gasteiger partial charge in [-0.25, -0.2) is 0 Å². The van der Waals surface area contributed by atoms with Crippen LogP contribution in [0.15, 0.2) is 0 Å². The third kappa shape index (κ3) is 6.15. The van der Waals surface area contributed by atoms with Crippen LogP contribution >= 0.6 is 11.8 Å². The van der Waals surface area contributed by atoms with Gasteiger partial charge in [-0.1, -0.05) is 0 Å². The van der Waals surface area contributed by atoms with E-state index in [1.54, 1.807) is 0 Å². The highest BCUT2D eigenvalue weighted by atomic mass is 32.2. The van der Waals surface area contributed by atoms with Gasteiger partial charge >= 0.3 is 5.97 Å². The molecule has 0 aliphatic heterocycles. The van der Waals surface area contributed by atoms with Gasteiger partial charge in [0.05, 0.1) is 0 Å². The monoisotopic (exact) mass is 178 g/mol. The highest BCUT2D eigenvalue weighted by Gasteiger charge is 2.10. The number of carboxylic acid groups (broad SMARTS) is 1. The van der Waals surface area contributed by atoms with E-state index in [1.165, 1.54) is 11.8 Å². The molecule has 0 amide bonds. The first-order chi connectivity index (χ1) is 5.04. The van der Waals surface area contributed by atoms with E-state index in [4.69, 9.17) is 16.6 Å². The molecule has 0 aromatic heterocycles. The molecule has 0 rings (SSSR count). The maximum Gasteiger partial charge on any atom is 0.321 e. The summed E-state index contributed by atoms with van der Waals surface area (Å²) in [7, 11) is 0. The van der Waals surface area contributed by atoms with E-state index < -0.39 is 12.0 Å². The largest absolute Gasteiger partial charge is 0.480 e. The Morgan fingerprint density at radius 1 is 1.55 bits per heavy atom. The summed E-state index contributed by atoms with van der Waals surface area (Å²) in [5, 5.41) is 8.38. The minimum absolute atomic E-state index is 0.0981. The fourth-order valence-corrected chi connectivity index (χ4v) is 1.36. The van der Waals surface area contributed by atoms with Gasteiger partial charge in [0.2, 0.25) is 0 Å². The van der Waals surface area contributed by atoms with Gasteiger partial charge in [-0.15, -0.1) is 0 Å². The van der Waals surface area contributed by atoms with Crippen LogP contribution in [-0.2, 0) is 4.79 Å². The predicted molar refractivity (Wildman–Crippen MR) is 46.6 cm³/mol. The molecule has 0 aliphatic rings. The highest BCUT2D eigenvalue weighted by molar-refractivity contribution is 7.99. The van der Waals surface area contributed by atoms with Crippen molar-refractivity contribution in [3.05, 3.63) is 0 Å². The summed E-state index contributed by atoms with van der Waals surface area (Å²) in [6, 6.07) is -0.667. The summed E-state index contributed by atoms with van der Waals surface area (Å²) >= 11 is 1.47. The molecule has 0 spiro atoms. The van der Waals surface area contributed by atoms with Crippen molar-refractivity contribution < 1.29 is 9.90 Å². The van der Waals surface area contributed by atoms with Crippen molar-refractivity contribution in [2.45, 2.75) is 19.0 Å². The number of hydrogen-bond acceptors (Lipinski definition) is 4. The van der Waals surface area contributed by atoms with E-state index in [-0.39, 0.29) is 6.04 Å². The fourth-order valence-electron chi connectivity index (χ4n) is 0.452. The molecule has 0 aromatic carbocycles. The van der Waals surface area contributed by atoms with Crippen LogP contribution in [0.3, 0.4) is 0 Å². The normalized spacial score (nSPS) is 15.9. The Hall–Kier alpha value is -0.260. The van der Waals surface area contributed by atoms with Crippen molar-refractivity contribution >= 4 is 17.7 Å². The molecule has 0 saturated heterocycles. The van der Waals surface area contributed by atoms with Crippen molar-refractivity contribution in [3.8, 4) is 0 Å². The number of aliphatic carboxylic acids is 1. The quantitative estimate of drug-likeness (QED) is 0.527. The molecule has 0 saturated carbocycles. The summed E-state index contributed by atoms with van der Waals surface area (Å²) < 4.78 is 0. The number of nitrogens with two attached hydrogens (primary N) is 2. The lowest BCUT2D eigenvalue weighted by Crippen LogP contribution is -2.33. The summed E-state index contributed by atoms with van der Waals surface area (Å²) in [4.78, 5) is 10.2. The van der Waals surface area contributed by atoms with E-state index in [2.05, 4.69) is 0 Å². The van der Waals surface area contributed by atoms with Gasteiger partial charge in [-0.05, 0) is 6.92 Å². The van der Waals surface area contributed by atoms with Crippen LogP contribution in [0.5, 0.6) is 0 Å². The van der Waals surface area contributed by atoms with E-state index in [1.807, 2.05) is 6.92 Å². The van der Waals surface area contributed by atoms with Gasteiger partial charge < -0.3 is 16.6 Å². The van der Waals surface area contributed by atoms with Gasteiger partial charge in [0.15, 0.2) is 0 Å². The minimum Gasteiger partial charge on any atom is -0.480 e. The lowest BCUT2D eigenvalue weighted by molar-refractivity contribution is -0.137. The third-order valence-electron chi connectivity index (χ3n) is 0.995. The number of thioether (sulfide) groups is 1. The Kier molecular flexibility index (Phi) is 5.27. The second-order valence-electron chi connectivity index (χ2n) is 2.46. The van der Waals surface area contributed by atoms with E-state index in [9.17, 15) is 4.79 Å². The van der Waals surface area contributed by atoms with Crippen molar-refractivity contribution in [3.63, 3.8) is 0 Å². The van der Waals surface area contributed by atoms with E-state index in [0.717, 1.165) is 5.75 Å². The molecule has 5 N–H and O–H groups in total. The molecule has 66 valence electrons. The first-order valence-corrected chi connectivity index (χ1v) is 4.51. The number of rotatable bonds is 5. The van der Waals surface area contributed by atoms with Gasteiger partial charge in [0.1, 0.15) is 6.04 Å². The maximum atomic E-state index is 10.2. The third-order valence-corrected chi connectivity index (χ3v) is 2.35. The second kappa shape index (κ2) is 5.40. The van der Waals surface area contributed by atoms with Crippen LogP contribution in [0.1, 0.15) is 6.92 Å². The molecule has 2 atom stereocenters. The molecule has 4 nitrogen and oxygen atoms in total. The topological polar surface area (TPSA) is 89.3 Å². The van der Waals surface area contributed by atoms with Gasteiger partial charge in [-0.3, -0.25) is 4.79 Å². The molecule has 0 aliphatic carbocycles. The van der Waals surface area contributed by atoms with Gasteiger partial charge in [-0.2, -0.15) is 11.8 Å². The van der Waals surface area contributed by atoms with Crippen LogP contribution in [0.25, 0.3) is 0 Å². The molecule has 11 heavy (non-hydrogen) atoms. The van der Waals surface area contributed by atoms with Crippen LogP contribution < -0.4 is 11.5 Å². The average Bonchev–Trinajstić information content (AvgIpc) is 1.86. The minimum atomic E-state index is -0.956. The van der Waals surface area contributed by atoms with Gasteiger partial charge in [0, 0.05) is 17.5 Å². The molecule has 0 fully saturated rings. The van der Waals surface area contributed by atoms with Crippen molar-refractivity contribution in [2.24, 2.45) is 11.5 Å². The summed E-state index contributed by atoms with van der Waals surface area (Å²) in [5.41, 5.74) is 10.7. The van der Waals surface area contributed by atoms with E-state index >= 15 is 0 Å². The van der Waals surface area contributed by atoms with Crippen molar-refractivity contribution in [1.82, 2.24) is 0 Å². The first kappa shape index (κ1) is 10.7. The Morgan fingerprint density at radius 2 is 2.09 bits per heavy atom. The zero-order valence-electron chi connectivity index (χ0n) is 6.49. The standard InChI is InChI=1S/C6H14N2O2S/c1-4(7)2-11-3-5(8)6(9)10/h4-5H,2-3,7-8H2,1H3,(H,9,10)/t4?,5-/m0/s1. The lowest BCUT2D eigenvalue weighted by atomic mass is 10.4. The van der Waals surface area contributed by atoms with Crippen LogP contribution in [0, 0.1) is 0 Å². The van der Waals surface area contributed by atoms with Crippen LogP contribution in [0.2, 0.25) is 0 Å². The first-order valence-electron chi connectivity index (χ1n) is 3.35. The molecule has 5 heteroatoms. The lowest BCUT2D eigenvalue weighted by Gasteiger charge is -2.07. The zero-order chi connectivity index (χ0) is 8.85. The SMILES string of the molecule is CC(N)CSC[C@H](N)C(=O)O. The average molecular weight is 178 g/mol. The molecule has 0 bridgehead atoms. The number of carbonyl (C=O) groups is 1. The maximum absolute atomic E-state index is 10.2. The molecular weight excluding hydrogens is 164 g/mol. The smallest absolute Gasteiger partial charge is 0.321 e. The molecule has 1 unspecified atom stereocenters. The van der Waals surface area contributed by atoms with Crippen molar-refractivity contribution in [1.29, 1.82) is 0 Å². The highest BCUT2D eigenvalue weighted by Crippen LogP contribution is 2.02. The summed E-state index contributed by atoms with van der Waals surface area (Å²) in [6.45, 7) is 1.87. The zero-order valence-corrected chi connectivity index (χ0v) is 7.30. The molecular formula is C6H14N2O2S. The summed E-state index contributed by atoms with van der Waals surface area (Å²) in [6.07, 6.45) is 0. The predicted octanol–water partition coefficient (Wildman–Crippen LogP) is -0.521. The molecule has 0 radical (unpaired) electrons. The van der Waals surface area contributed by atoms with Crippen LogP contribution in [0.4, 0.5) is 0 Å². The summed E-state index contributed by atoms with van der Waals surface area (Å²) in [5.74, 6) is 0.222. The second-order valence-corrected chi connectivity index (χ2v) is 3.53. The van der Waals surface area contributed by atoms with Crippen LogP contribution in [-0.4, -0.2) is 34.7 Å². The molecule has 0 heterocycles. The Balaban J connectivity index is 3.31. The fraction of sp³-hybridized carbons (Fsp3) is 0.833.